The molecule has 28 heavy (non-hydrogen) atoms. The number of amides is 1. The topological polar surface area (TPSA) is 87.7 Å². The van der Waals surface area contributed by atoms with Gasteiger partial charge in [-0.25, -0.2) is 0 Å². The van der Waals surface area contributed by atoms with Crippen molar-refractivity contribution < 1.29 is 4.79 Å². The van der Waals surface area contributed by atoms with Crippen molar-refractivity contribution in [1.82, 2.24) is 20.2 Å². The van der Waals surface area contributed by atoms with E-state index in [0.29, 0.717) is 16.8 Å². The van der Waals surface area contributed by atoms with Crippen LogP contribution in [-0.2, 0) is 4.79 Å². The third kappa shape index (κ3) is 4.56. The van der Waals surface area contributed by atoms with Gasteiger partial charge in [0.2, 0.25) is 11.1 Å². The Balaban J connectivity index is 1.72. The summed E-state index contributed by atoms with van der Waals surface area (Å²) < 4.78 is 1.61. The van der Waals surface area contributed by atoms with Gasteiger partial charge in [-0.1, -0.05) is 55.9 Å². The molecule has 2 aromatic carbocycles. The quantitative estimate of drug-likeness (QED) is 0.452. The van der Waals surface area contributed by atoms with Crippen LogP contribution in [0.3, 0.4) is 0 Å². The zero-order chi connectivity index (χ0) is 19.9. The molecule has 0 atom stereocenters. The minimum absolute atomic E-state index is 0.00892. The number of rotatable bonds is 7. The number of nitriles is 1. The maximum absolute atomic E-state index is 12.7. The van der Waals surface area contributed by atoms with Crippen LogP contribution in [-0.4, -0.2) is 38.4 Å². The zero-order valence-electron chi connectivity index (χ0n) is 15.7. The van der Waals surface area contributed by atoms with Crippen molar-refractivity contribution in [3.05, 3.63) is 60.2 Å². The molecule has 0 N–H and O–H groups in total. The molecular weight excluding hydrogens is 372 g/mol. The summed E-state index contributed by atoms with van der Waals surface area (Å²) in [7, 11) is 0. The average molecular weight is 392 g/mol. The molecule has 3 aromatic rings. The number of nitrogens with zero attached hydrogens (tertiary/aromatic N) is 6. The van der Waals surface area contributed by atoms with Crippen molar-refractivity contribution in [2.45, 2.75) is 24.9 Å². The SMILES string of the molecule is CC(C)c1ccc(-n2nnnc2SCC(=O)N(CC#N)c2ccccc2)cc1. The Morgan fingerprint density at radius 1 is 1.18 bits per heavy atom. The molecule has 0 bridgehead atoms. The number of aromatic nitrogens is 4. The average Bonchev–Trinajstić information content (AvgIpc) is 3.19. The van der Waals surface area contributed by atoms with Gasteiger partial charge in [0.25, 0.3) is 0 Å². The number of benzene rings is 2. The van der Waals surface area contributed by atoms with Crippen LogP contribution in [0.4, 0.5) is 5.69 Å². The van der Waals surface area contributed by atoms with Gasteiger partial charge in [-0.2, -0.15) is 9.94 Å². The number of para-hydroxylation sites is 1. The van der Waals surface area contributed by atoms with E-state index in [-0.39, 0.29) is 18.2 Å². The number of anilines is 1. The van der Waals surface area contributed by atoms with Gasteiger partial charge < -0.3 is 0 Å². The van der Waals surface area contributed by atoms with Crippen molar-refractivity contribution in [1.29, 1.82) is 5.26 Å². The maximum Gasteiger partial charge on any atom is 0.238 e. The molecular formula is C20H20N6OS. The van der Waals surface area contributed by atoms with E-state index in [9.17, 15) is 4.79 Å². The number of carbonyl (C=O) groups is 1. The third-order valence-electron chi connectivity index (χ3n) is 4.17. The number of hydrogen-bond donors (Lipinski definition) is 0. The zero-order valence-corrected chi connectivity index (χ0v) is 16.5. The van der Waals surface area contributed by atoms with Crippen LogP contribution in [0.5, 0.6) is 0 Å². The van der Waals surface area contributed by atoms with E-state index in [1.54, 1.807) is 16.8 Å². The first-order chi connectivity index (χ1) is 13.6. The molecule has 8 heteroatoms. The second-order valence-electron chi connectivity index (χ2n) is 6.38. The lowest BCUT2D eigenvalue weighted by Gasteiger charge is -2.19. The predicted octanol–water partition coefficient (Wildman–Crippen LogP) is 3.43. The monoisotopic (exact) mass is 392 g/mol. The van der Waals surface area contributed by atoms with Gasteiger partial charge in [-0.3, -0.25) is 9.69 Å². The highest BCUT2D eigenvalue weighted by molar-refractivity contribution is 7.99. The fourth-order valence-electron chi connectivity index (χ4n) is 2.64. The van der Waals surface area contributed by atoms with Crippen LogP contribution >= 0.6 is 11.8 Å². The van der Waals surface area contributed by atoms with Gasteiger partial charge in [0.1, 0.15) is 6.54 Å². The molecule has 142 valence electrons. The summed E-state index contributed by atoms with van der Waals surface area (Å²) >= 11 is 1.24. The lowest BCUT2D eigenvalue weighted by atomic mass is 10.0. The Labute approximate surface area is 168 Å². The molecule has 1 aromatic heterocycles. The largest absolute Gasteiger partial charge is 0.298 e. The maximum atomic E-state index is 12.7. The summed E-state index contributed by atoms with van der Waals surface area (Å²) in [5.41, 5.74) is 2.76. The van der Waals surface area contributed by atoms with Crippen molar-refractivity contribution in [2.75, 3.05) is 17.2 Å². The Kier molecular flexibility index (Phi) is 6.40. The van der Waals surface area contributed by atoms with Crippen LogP contribution in [0, 0.1) is 11.3 Å². The fourth-order valence-corrected chi connectivity index (χ4v) is 3.40. The molecule has 0 fully saturated rings. The van der Waals surface area contributed by atoms with Crippen molar-refractivity contribution >= 4 is 23.4 Å². The minimum Gasteiger partial charge on any atom is -0.298 e. The van der Waals surface area contributed by atoms with Crippen molar-refractivity contribution in [2.24, 2.45) is 0 Å². The summed E-state index contributed by atoms with van der Waals surface area (Å²) in [6, 6.07) is 19.2. The first kappa shape index (κ1) is 19.6. The third-order valence-corrected chi connectivity index (χ3v) is 5.07. The van der Waals surface area contributed by atoms with E-state index in [1.807, 2.05) is 48.5 Å². The van der Waals surface area contributed by atoms with Gasteiger partial charge in [0, 0.05) is 5.69 Å². The Hall–Kier alpha value is -3.18. The lowest BCUT2D eigenvalue weighted by molar-refractivity contribution is -0.116. The summed E-state index contributed by atoms with van der Waals surface area (Å²) in [5, 5.41) is 21.4. The summed E-state index contributed by atoms with van der Waals surface area (Å²) in [4.78, 5) is 14.1. The highest BCUT2D eigenvalue weighted by atomic mass is 32.2. The molecule has 3 rings (SSSR count). The molecule has 0 spiro atoms. The van der Waals surface area contributed by atoms with E-state index >= 15 is 0 Å². The second kappa shape index (κ2) is 9.15. The number of tetrazole rings is 1. The molecule has 0 radical (unpaired) electrons. The van der Waals surface area contributed by atoms with E-state index in [2.05, 4.69) is 29.4 Å². The number of thioether (sulfide) groups is 1. The Morgan fingerprint density at radius 2 is 1.89 bits per heavy atom. The van der Waals surface area contributed by atoms with Gasteiger partial charge >= 0.3 is 0 Å². The summed E-state index contributed by atoms with van der Waals surface area (Å²) in [6.07, 6.45) is 0. The molecule has 0 aliphatic heterocycles. The minimum atomic E-state index is -0.178. The van der Waals surface area contributed by atoms with Crippen molar-refractivity contribution in [3.63, 3.8) is 0 Å². The molecule has 0 saturated carbocycles. The standard InChI is InChI=1S/C20H20N6OS/c1-15(2)16-8-10-18(11-9-16)26-20(22-23-24-26)28-14-19(27)25(13-12-21)17-6-4-3-5-7-17/h3-11,15H,13-14H2,1-2H3. The summed E-state index contributed by atoms with van der Waals surface area (Å²) in [5.74, 6) is 0.391. The van der Waals surface area contributed by atoms with Gasteiger partial charge in [-0.15, -0.1) is 5.10 Å². The fraction of sp³-hybridized carbons (Fsp3) is 0.250. The number of carbonyl (C=O) groups excluding carboxylic acids is 1. The van der Waals surface area contributed by atoms with E-state index in [0.717, 1.165) is 5.69 Å². The van der Waals surface area contributed by atoms with Crippen LogP contribution in [0.2, 0.25) is 0 Å². The van der Waals surface area contributed by atoms with E-state index in [1.165, 1.54) is 22.2 Å². The smallest absolute Gasteiger partial charge is 0.238 e. The molecule has 0 saturated heterocycles. The molecule has 1 heterocycles. The van der Waals surface area contributed by atoms with E-state index in [4.69, 9.17) is 5.26 Å². The van der Waals surface area contributed by atoms with Crippen LogP contribution in [0.25, 0.3) is 5.69 Å². The molecule has 0 unspecified atom stereocenters. The van der Waals surface area contributed by atoms with Crippen LogP contribution in [0.15, 0.2) is 59.8 Å². The second-order valence-corrected chi connectivity index (χ2v) is 7.32. The van der Waals surface area contributed by atoms with Gasteiger partial charge in [-0.05, 0) is 46.2 Å². The highest BCUT2D eigenvalue weighted by Gasteiger charge is 2.18. The van der Waals surface area contributed by atoms with E-state index < -0.39 is 0 Å². The number of hydrogen-bond acceptors (Lipinski definition) is 6. The van der Waals surface area contributed by atoms with Crippen LogP contribution in [0.1, 0.15) is 25.3 Å². The molecule has 1 amide bonds. The molecule has 7 nitrogen and oxygen atoms in total. The highest BCUT2D eigenvalue weighted by Crippen LogP contribution is 2.22. The first-order valence-electron chi connectivity index (χ1n) is 8.84. The van der Waals surface area contributed by atoms with Crippen molar-refractivity contribution in [3.8, 4) is 11.8 Å². The Morgan fingerprint density at radius 3 is 2.54 bits per heavy atom. The molecule has 0 aliphatic rings. The lowest BCUT2D eigenvalue weighted by Crippen LogP contribution is -2.32. The van der Waals surface area contributed by atoms with Crippen LogP contribution < -0.4 is 4.90 Å². The normalized spacial score (nSPS) is 10.6. The molecule has 0 aliphatic carbocycles. The van der Waals surface area contributed by atoms with Gasteiger partial charge in [0.15, 0.2) is 0 Å². The summed E-state index contributed by atoms with van der Waals surface area (Å²) in [6.45, 7) is 4.27. The Bertz CT molecular complexity index is 962. The first-order valence-corrected chi connectivity index (χ1v) is 9.82. The predicted molar refractivity (Wildman–Crippen MR) is 108 cm³/mol. The van der Waals surface area contributed by atoms with Gasteiger partial charge in [0.05, 0.1) is 17.5 Å².